The minimum atomic E-state index is -1.95. The summed E-state index contributed by atoms with van der Waals surface area (Å²) in [6, 6.07) is 0. The molecule has 0 saturated carbocycles. The molecule has 0 aromatic carbocycles. The van der Waals surface area contributed by atoms with E-state index >= 15 is 0 Å². The Kier molecular flexibility index (Phi) is 8.44. The third-order valence-electron chi connectivity index (χ3n) is 7.67. The Hall–Kier alpha value is -0.00623. The Labute approximate surface area is 205 Å². The standard InChI is InChI=1S/C22H44N2O4S2Si2/c1-13(27-31(9,10)21(3,4)5)15-17(25)23-19(15)29-30-20-16(18(26)24-20)14(2)28-32(11,12)22(6,7)8/h13-16,19-20H,1-12H3,(H,23,25)(H,24,26)/t13?,14?,15-,16-,19+,20+/m0/s1. The molecule has 2 unspecified atom stereocenters. The van der Waals surface area contributed by atoms with Gasteiger partial charge in [-0.1, -0.05) is 63.1 Å². The van der Waals surface area contributed by atoms with Crippen molar-refractivity contribution in [3.05, 3.63) is 0 Å². The first-order chi connectivity index (χ1) is 14.3. The van der Waals surface area contributed by atoms with Gasteiger partial charge in [0.15, 0.2) is 16.6 Å². The summed E-state index contributed by atoms with van der Waals surface area (Å²) < 4.78 is 13.0. The molecule has 2 saturated heterocycles. The van der Waals surface area contributed by atoms with Crippen molar-refractivity contribution in [2.24, 2.45) is 11.8 Å². The third-order valence-corrected chi connectivity index (χ3v) is 19.7. The maximum atomic E-state index is 12.3. The molecular weight excluding hydrogens is 477 g/mol. The molecule has 0 bridgehead atoms. The summed E-state index contributed by atoms with van der Waals surface area (Å²) in [6.45, 7) is 26.2. The van der Waals surface area contributed by atoms with Crippen molar-refractivity contribution in [2.75, 3.05) is 0 Å². The fourth-order valence-electron chi connectivity index (χ4n) is 3.37. The van der Waals surface area contributed by atoms with E-state index < -0.39 is 16.6 Å². The number of hydrogen-bond donors (Lipinski definition) is 2. The van der Waals surface area contributed by atoms with E-state index in [1.165, 1.54) is 0 Å². The molecular formula is C22H44N2O4S2Si2. The second kappa shape index (κ2) is 9.56. The lowest BCUT2D eigenvalue weighted by atomic mass is 9.96. The number of carbonyl (C=O) groups is 2. The first-order valence-electron chi connectivity index (χ1n) is 11.6. The van der Waals surface area contributed by atoms with Crippen molar-refractivity contribution in [3.8, 4) is 0 Å². The minimum absolute atomic E-state index is 0.0120. The van der Waals surface area contributed by atoms with Crippen molar-refractivity contribution < 1.29 is 18.4 Å². The molecule has 0 radical (unpaired) electrons. The predicted octanol–water partition coefficient (Wildman–Crippen LogP) is 5.33. The maximum Gasteiger partial charge on any atom is 0.229 e. The minimum Gasteiger partial charge on any atom is -0.413 e. The number of amides is 2. The van der Waals surface area contributed by atoms with E-state index in [9.17, 15) is 9.59 Å². The van der Waals surface area contributed by atoms with Crippen LogP contribution in [0.15, 0.2) is 0 Å². The molecule has 2 fully saturated rings. The van der Waals surface area contributed by atoms with Crippen LogP contribution in [0.2, 0.25) is 36.3 Å². The van der Waals surface area contributed by atoms with E-state index in [1.54, 1.807) is 21.6 Å². The van der Waals surface area contributed by atoms with Crippen LogP contribution in [0.1, 0.15) is 55.4 Å². The molecule has 2 N–H and O–H groups in total. The first-order valence-corrected chi connectivity index (χ1v) is 19.7. The van der Waals surface area contributed by atoms with Crippen LogP contribution in [0.25, 0.3) is 0 Å². The van der Waals surface area contributed by atoms with Gasteiger partial charge in [-0.05, 0) is 50.1 Å². The van der Waals surface area contributed by atoms with Gasteiger partial charge in [0.05, 0.1) is 34.8 Å². The van der Waals surface area contributed by atoms with E-state index in [0.717, 1.165) is 0 Å². The van der Waals surface area contributed by atoms with E-state index in [-0.39, 0.29) is 56.7 Å². The smallest absolute Gasteiger partial charge is 0.229 e. The van der Waals surface area contributed by atoms with Crippen LogP contribution in [0.4, 0.5) is 0 Å². The number of hydrogen-bond acceptors (Lipinski definition) is 6. The molecule has 2 amide bonds. The highest BCUT2D eigenvalue weighted by Gasteiger charge is 2.51. The fourth-order valence-corrected chi connectivity index (χ4v) is 9.45. The average Bonchev–Trinajstić information content (AvgIpc) is 2.53. The van der Waals surface area contributed by atoms with Crippen LogP contribution in [0, 0.1) is 11.8 Å². The number of β-lactam (4-membered cyclic amide) rings is 2. The van der Waals surface area contributed by atoms with Crippen LogP contribution in [0.3, 0.4) is 0 Å². The zero-order valence-electron chi connectivity index (χ0n) is 21.9. The molecule has 6 nitrogen and oxygen atoms in total. The van der Waals surface area contributed by atoms with Gasteiger partial charge in [-0.3, -0.25) is 9.59 Å². The van der Waals surface area contributed by atoms with Crippen molar-refractivity contribution in [1.82, 2.24) is 10.6 Å². The molecule has 10 heteroatoms. The summed E-state index contributed by atoms with van der Waals surface area (Å²) >= 11 is 0. The van der Waals surface area contributed by atoms with Gasteiger partial charge in [0.2, 0.25) is 11.8 Å². The van der Waals surface area contributed by atoms with E-state index in [2.05, 4.69) is 78.4 Å². The number of rotatable bonds is 9. The second-order valence-corrected chi connectivity index (χ2v) is 24.3. The highest BCUT2D eigenvalue weighted by molar-refractivity contribution is 8.77. The third kappa shape index (κ3) is 5.97. The Morgan fingerprint density at radius 3 is 1.22 bits per heavy atom. The Morgan fingerprint density at radius 2 is 1.00 bits per heavy atom. The monoisotopic (exact) mass is 520 g/mol. The molecule has 0 aliphatic carbocycles. The molecule has 2 heterocycles. The summed E-state index contributed by atoms with van der Waals surface area (Å²) in [7, 11) is -0.647. The van der Waals surface area contributed by atoms with Crippen LogP contribution in [-0.4, -0.2) is 51.4 Å². The van der Waals surface area contributed by atoms with Gasteiger partial charge in [0.1, 0.15) is 0 Å². The Bertz CT molecular complexity index is 662. The van der Waals surface area contributed by atoms with Crippen LogP contribution in [0.5, 0.6) is 0 Å². The Balaban J connectivity index is 1.94. The zero-order chi connectivity index (χ0) is 24.9. The molecule has 0 aromatic heterocycles. The van der Waals surface area contributed by atoms with Crippen molar-refractivity contribution >= 4 is 50.0 Å². The maximum absolute atomic E-state index is 12.3. The molecule has 0 spiro atoms. The lowest BCUT2D eigenvalue weighted by molar-refractivity contribution is -0.137. The summed E-state index contributed by atoms with van der Waals surface area (Å²) in [4.78, 5) is 24.7. The molecule has 2 aliphatic rings. The summed E-state index contributed by atoms with van der Waals surface area (Å²) in [5.74, 6) is -0.232. The van der Waals surface area contributed by atoms with Gasteiger partial charge in [-0.15, -0.1) is 0 Å². The SMILES string of the molecule is CC(O[Si](C)(C)C(C)(C)C)[C@H]1C(=O)N[C@@H]1SS[C@H]1NC(=O)[C@@H]1C(C)O[Si](C)(C)C(C)(C)C. The average molecular weight is 521 g/mol. The summed E-state index contributed by atoms with van der Waals surface area (Å²) in [5.41, 5.74) is 0. The topological polar surface area (TPSA) is 76.7 Å². The quantitative estimate of drug-likeness (QED) is 0.243. The van der Waals surface area contributed by atoms with Crippen LogP contribution < -0.4 is 10.6 Å². The lowest BCUT2D eigenvalue weighted by Crippen LogP contribution is -2.63. The van der Waals surface area contributed by atoms with Gasteiger partial charge in [0.25, 0.3) is 0 Å². The highest BCUT2D eigenvalue weighted by Crippen LogP contribution is 2.46. The van der Waals surface area contributed by atoms with Gasteiger partial charge in [0, 0.05) is 0 Å². The van der Waals surface area contributed by atoms with Crippen LogP contribution >= 0.6 is 21.6 Å². The van der Waals surface area contributed by atoms with E-state index in [1.807, 2.05) is 13.8 Å². The Morgan fingerprint density at radius 1 is 0.719 bits per heavy atom. The molecule has 0 aromatic rings. The first kappa shape index (κ1) is 28.2. The fraction of sp³-hybridized carbons (Fsp3) is 0.909. The molecule has 32 heavy (non-hydrogen) atoms. The van der Waals surface area contributed by atoms with E-state index in [0.29, 0.717) is 0 Å². The van der Waals surface area contributed by atoms with Crippen LogP contribution in [-0.2, 0) is 18.4 Å². The van der Waals surface area contributed by atoms with Crippen molar-refractivity contribution in [1.29, 1.82) is 0 Å². The van der Waals surface area contributed by atoms with E-state index in [4.69, 9.17) is 8.85 Å². The number of carbonyl (C=O) groups excluding carboxylic acids is 2. The summed E-state index contributed by atoms with van der Waals surface area (Å²) in [5, 5.41) is 6.21. The second-order valence-electron chi connectivity index (χ2n) is 12.3. The van der Waals surface area contributed by atoms with Gasteiger partial charge < -0.3 is 19.5 Å². The number of nitrogens with one attached hydrogen (secondary N) is 2. The molecule has 186 valence electrons. The van der Waals surface area contributed by atoms with Crippen molar-refractivity contribution in [2.45, 2.75) is 115 Å². The lowest BCUT2D eigenvalue weighted by Gasteiger charge is -2.47. The van der Waals surface area contributed by atoms with Gasteiger partial charge in [-0.25, -0.2) is 0 Å². The predicted molar refractivity (Wildman–Crippen MR) is 142 cm³/mol. The van der Waals surface area contributed by atoms with Gasteiger partial charge >= 0.3 is 0 Å². The highest BCUT2D eigenvalue weighted by atomic mass is 33.1. The van der Waals surface area contributed by atoms with Crippen molar-refractivity contribution in [3.63, 3.8) is 0 Å². The molecule has 2 rings (SSSR count). The molecule has 2 aliphatic heterocycles. The normalized spacial score (nSPS) is 28.9. The zero-order valence-corrected chi connectivity index (χ0v) is 25.5. The van der Waals surface area contributed by atoms with Gasteiger partial charge in [-0.2, -0.15) is 0 Å². The molecule has 6 atom stereocenters. The largest absolute Gasteiger partial charge is 0.413 e. The summed E-state index contributed by atoms with van der Waals surface area (Å²) in [6.07, 6.45) is -0.259.